The highest BCUT2D eigenvalue weighted by Crippen LogP contribution is 2.40. The maximum absolute atomic E-state index is 11.2. The highest BCUT2D eigenvalue weighted by Gasteiger charge is 2.44. The normalized spacial score (nSPS) is 22.5. The van der Waals surface area contributed by atoms with Crippen molar-refractivity contribution in [2.45, 2.75) is 5.72 Å². The topological polar surface area (TPSA) is 48.7 Å². The maximum atomic E-state index is 11.2. The molecule has 0 bridgehead atoms. The van der Waals surface area contributed by atoms with Gasteiger partial charge in [-0.05, 0) is 24.3 Å². The first kappa shape index (κ1) is 16.2. The molecule has 2 aromatic rings. The lowest BCUT2D eigenvalue weighted by molar-refractivity contribution is -0.0422. The van der Waals surface area contributed by atoms with E-state index in [9.17, 15) is 5.11 Å². The highest BCUT2D eigenvalue weighted by atomic mass is 79.9. The van der Waals surface area contributed by atoms with E-state index in [1.807, 2.05) is 41.3 Å². The molecule has 1 aromatic carbocycles. The van der Waals surface area contributed by atoms with Crippen LogP contribution in [0.4, 0.5) is 5.69 Å². The maximum Gasteiger partial charge on any atom is 0.175 e. The molecule has 0 amide bonds. The van der Waals surface area contributed by atoms with Gasteiger partial charge in [0.25, 0.3) is 0 Å². The predicted octanol–water partition coefficient (Wildman–Crippen LogP) is 3.91. The Kier molecular flexibility index (Phi) is 4.84. The van der Waals surface area contributed by atoms with E-state index in [2.05, 4.69) is 32.5 Å². The van der Waals surface area contributed by atoms with Crippen LogP contribution in [0.3, 0.4) is 0 Å². The number of hydrogen-bond donors (Lipinski definition) is 1. The summed E-state index contributed by atoms with van der Waals surface area (Å²) in [6, 6.07) is 11.4. The molecule has 0 aliphatic carbocycles. The number of pyridine rings is 1. The van der Waals surface area contributed by atoms with Gasteiger partial charge in [0, 0.05) is 22.8 Å². The van der Waals surface area contributed by atoms with Crippen LogP contribution in [0.5, 0.6) is 0 Å². The molecule has 1 N–H and O–H groups in total. The number of amidine groups is 1. The van der Waals surface area contributed by atoms with E-state index in [1.54, 1.807) is 18.5 Å². The van der Waals surface area contributed by atoms with Crippen molar-refractivity contribution in [3.8, 4) is 0 Å². The lowest BCUT2D eigenvalue weighted by atomic mass is 10.0. The number of aromatic nitrogens is 1. The molecular formula is C17H16BrN3OS. The predicted molar refractivity (Wildman–Crippen MR) is 98.7 cm³/mol. The zero-order chi connectivity index (χ0) is 16.3. The summed E-state index contributed by atoms with van der Waals surface area (Å²) in [5.74, 6) is 0.515. The van der Waals surface area contributed by atoms with Gasteiger partial charge in [-0.2, -0.15) is 0 Å². The standard InChI is InChI=1S/C17H16BrN3OS/c1-2-10-21-16(20-15-4-3-9-19-11-15)23-12-17(21,22)13-5-7-14(18)8-6-13/h2-9,11,22H,1,10,12H2/t17-/m1/s1. The van der Waals surface area contributed by atoms with Crippen molar-refractivity contribution in [1.29, 1.82) is 0 Å². The molecule has 0 radical (unpaired) electrons. The van der Waals surface area contributed by atoms with E-state index in [1.165, 1.54) is 11.8 Å². The number of halogens is 1. The second kappa shape index (κ2) is 6.86. The molecule has 1 atom stereocenters. The monoisotopic (exact) mass is 389 g/mol. The molecule has 1 aliphatic heterocycles. The molecule has 118 valence electrons. The second-order valence-electron chi connectivity index (χ2n) is 5.12. The van der Waals surface area contributed by atoms with Crippen LogP contribution in [0.15, 0.2) is 70.9 Å². The minimum atomic E-state index is -1.10. The Labute approximate surface area is 148 Å². The molecule has 1 fully saturated rings. The number of thioether (sulfide) groups is 1. The fourth-order valence-electron chi connectivity index (χ4n) is 2.42. The zero-order valence-corrected chi connectivity index (χ0v) is 14.8. The van der Waals surface area contributed by atoms with Gasteiger partial charge in [0.1, 0.15) is 0 Å². The van der Waals surface area contributed by atoms with Crippen molar-refractivity contribution in [2.75, 3.05) is 12.3 Å². The molecule has 1 aromatic heterocycles. The van der Waals surface area contributed by atoms with Gasteiger partial charge < -0.3 is 10.0 Å². The number of aliphatic imine (C=N–C) groups is 1. The van der Waals surface area contributed by atoms with E-state index in [-0.39, 0.29) is 0 Å². The largest absolute Gasteiger partial charge is 0.366 e. The summed E-state index contributed by atoms with van der Waals surface area (Å²) in [5.41, 5.74) is 0.510. The number of aliphatic hydroxyl groups is 1. The van der Waals surface area contributed by atoms with E-state index < -0.39 is 5.72 Å². The van der Waals surface area contributed by atoms with Gasteiger partial charge in [0.05, 0.1) is 17.6 Å². The average Bonchev–Trinajstić information content (AvgIpc) is 2.87. The first-order chi connectivity index (χ1) is 11.1. The first-order valence-electron chi connectivity index (χ1n) is 7.12. The summed E-state index contributed by atoms with van der Waals surface area (Å²) in [4.78, 5) is 10.6. The van der Waals surface area contributed by atoms with Crippen LogP contribution in [0.25, 0.3) is 0 Å². The fraction of sp³-hybridized carbons (Fsp3) is 0.176. The number of nitrogens with zero attached hydrogens (tertiary/aromatic N) is 3. The number of benzene rings is 1. The third-order valence-electron chi connectivity index (χ3n) is 3.57. The summed E-state index contributed by atoms with van der Waals surface area (Å²) >= 11 is 4.96. The summed E-state index contributed by atoms with van der Waals surface area (Å²) in [5, 5.41) is 12.0. The number of rotatable bonds is 4. The third kappa shape index (κ3) is 3.34. The minimum Gasteiger partial charge on any atom is -0.366 e. The van der Waals surface area contributed by atoms with E-state index in [0.29, 0.717) is 12.3 Å². The second-order valence-corrected chi connectivity index (χ2v) is 6.98. The van der Waals surface area contributed by atoms with E-state index in [4.69, 9.17) is 0 Å². The Balaban J connectivity index is 1.97. The summed E-state index contributed by atoms with van der Waals surface area (Å²) in [7, 11) is 0. The SMILES string of the molecule is C=CCN1C(=Nc2cccnc2)SC[C@@]1(O)c1ccc(Br)cc1. The van der Waals surface area contributed by atoms with Crippen molar-refractivity contribution in [1.82, 2.24) is 9.88 Å². The Morgan fingerprint density at radius 2 is 2.17 bits per heavy atom. The third-order valence-corrected chi connectivity index (χ3v) is 5.21. The minimum absolute atomic E-state index is 0.513. The lowest BCUT2D eigenvalue weighted by Crippen LogP contribution is -2.45. The van der Waals surface area contributed by atoms with Crippen LogP contribution in [0.1, 0.15) is 5.56 Å². The zero-order valence-electron chi connectivity index (χ0n) is 12.4. The van der Waals surface area contributed by atoms with E-state index >= 15 is 0 Å². The van der Waals surface area contributed by atoms with Gasteiger partial charge in [0.15, 0.2) is 10.9 Å². The molecular weight excluding hydrogens is 374 g/mol. The quantitative estimate of drug-likeness (QED) is 0.805. The number of hydrogen-bond acceptors (Lipinski definition) is 4. The van der Waals surface area contributed by atoms with Crippen LogP contribution in [0, 0.1) is 0 Å². The molecule has 0 saturated carbocycles. The van der Waals surface area contributed by atoms with Crippen molar-refractivity contribution < 1.29 is 5.11 Å². The first-order valence-corrected chi connectivity index (χ1v) is 8.90. The van der Waals surface area contributed by atoms with Crippen LogP contribution < -0.4 is 0 Å². The van der Waals surface area contributed by atoms with Crippen LogP contribution in [-0.2, 0) is 5.72 Å². The smallest absolute Gasteiger partial charge is 0.175 e. The van der Waals surface area contributed by atoms with Crippen molar-refractivity contribution in [3.05, 3.63) is 71.5 Å². The Morgan fingerprint density at radius 1 is 1.39 bits per heavy atom. The highest BCUT2D eigenvalue weighted by molar-refractivity contribution is 9.10. The van der Waals surface area contributed by atoms with Gasteiger partial charge in [-0.25, -0.2) is 4.99 Å². The van der Waals surface area contributed by atoms with Crippen LogP contribution in [0.2, 0.25) is 0 Å². The molecule has 4 nitrogen and oxygen atoms in total. The van der Waals surface area contributed by atoms with Crippen LogP contribution >= 0.6 is 27.7 Å². The average molecular weight is 390 g/mol. The Morgan fingerprint density at radius 3 is 2.83 bits per heavy atom. The van der Waals surface area contributed by atoms with Gasteiger partial charge in [-0.15, -0.1) is 6.58 Å². The molecule has 0 unspecified atom stereocenters. The lowest BCUT2D eigenvalue weighted by Gasteiger charge is -2.33. The molecule has 6 heteroatoms. The van der Waals surface area contributed by atoms with Gasteiger partial charge in [-0.1, -0.05) is 45.9 Å². The summed E-state index contributed by atoms with van der Waals surface area (Å²) in [6.45, 7) is 4.31. The fourth-order valence-corrected chi connectivity index (χ4v) is 3.88. The molecule has 23 heavy (non-hydrogen) atoms. The molecule has 2 heterocycles. The summed E-state index contributed by atoms with van der Waals surface area (Å²) < 4.78 is 0.982. The molecule has 3 rings (SSSR count). The van der Waals surface area contributed by atoms with Crippen molar-refractivity contribution >= 4 is 38.5 Å². The Bertz CT molecular complexity index is 720. The summed E-state index contributed by atoms with van der Waals surface area (Å²) in [6.07, 6.45) is 5.19. The van der Waals surface area contributed by atoms with Crippen molar-refractivity contribution in [3.63, 3.8) is 0 Å². The van der Waals surface area contributed by atoms with E-state index in [0.717, 1.165) is 20.9 Å². The Hall–Kier alpha value is -1.63. The molecule has 1 aliphatic rings. The van der Waals surface area contributed by atoms with Gasteiger partial charge in [0.2, 0.25) is 0 Å². The van der Waals surface area contributed by atoms with Gasteiger partial charge >= 0.3 is 0 Å². The molecule has 0 spiro atoms. The molecule has 1 saturated heterocycles. The van der Waals surface area contributed by atoms with Crippen molar-refractivity contribution in [2.24, 2.45) is 4.99 Å². The van der Waals surface area contributed by atoms with Gasteiger partial charge in [-0.3, -0.25) is 4.98 Å². The van der Waals surface area contributed by atoms with Crippen LogP contribution in [-0.4, -0.2) is 32.5 Å².